The lowest BCUT2D eigenvalue weighted by atomic mass is 9.85. The van der Waals surface area contributed by atoms with Crippen LogP contribution in [0.5, 0.6) is 5.75 Å². The lowest BCUT2D eigenvalue weighted by Gasteiger charge is -2.17. The number of hydrogen-bond acceptors (Lipinski definition) is 3. The predicted octanol–water partition coefficient (Wildman–Crippen LogP) is 5.07. The molecule has 0 unspecified atom stereocenters. The summed E-state index contributed by atoms with van der Waals surface area (Å²) in [5.41, 5.74) is 3.44. The van der Waals surface area contributed by atoms with Crippen molar-refractivity contribution < 1.29 is 18.7 Å². The molecule has 5 heteroatoms. The molecule has 30 heavy (non-hydrogen) atoms. The Hall–Kier alpha value is -3.99. The summed E-state index contributed by atoms with van der Waals surface area (Å²) in [4.78, 5) is 26.8. The van der Waals surface area contributed by atoms with Crippen molar-refractivity contribution in [1.82, 2.24) is 4.57 Å². The van der Waals surface area contributed by atoms with Crippen molar-refractivity contribution in [2.24, 2.45) is 0 Å². The number of nitrogens with zero attached hydrogens (tertiary/aromatic N) is 1. The molecule has 0 aliphatic heterocycles. The average molecular weight is 397 g/mol. The number of methoxy groups -OCH3 is 1. The lowest BCUT2D eigenvalue weighted by molar-refractivity contribution is 0.0975. The maximum absolute atomic E-state index is 13.5. The summed E-state index contributed by atoms with van der Waals surface area (Å²) in [6.07, 6.45) is 1.77. The molecular weight excluding hydrogens is 381 g/mol. The van der Waals surface area contributed by atoms with Crippen molar-refractivity contribution in [1.29, 1.82) is 0 Å². The molecule has 0 spiro atoms. The maximum Gasteiger partial charge on any atom is 0.211 e. The first-order valence-corrected chi connectivity index (χ1v) is 9.42. The van der Waals surface area contributed by atoms with E-state index in [-0.39, 0.29) is 23.1 Å². The summed E-state index contributed by atoms with van der Waals surface area (Å²) < 4.78 is 20.4. The molecule has 4 aromatic rings. The van der Waals surface area contributed by atoms with Crippen LogP contribution >= 0.6 is 0 Å². The van der Waals surface area contributed by atoms with Gasteiger partial charge in [-0.05, 0) is 42.0 Å². The van der Waals surface area contributed by atoms with Gasteiger partial charge in [0.2, 0.25) is 5.78 Å². The van der Waals surface area contributed by atoms with Crippen LogP contribution in [0.2, 0.25) is 0 Å². The molecule has 0 N–H and O–H groups in total. The van der Waals surface area contributed by atoms with Crippen molar-refractivity contribution in [3.63, 3.8) is 0 Å². The topological polar surface area (TPSA) is 48.3 Å². The summed E-state index contributed by atoms with van der Waals surface area (Å²) >= 11 is 0. The molecule has 3 aromatic carbocycles. The van der Waals surface area contributed by atoms with Gasteiger partial charge in [0, 0.05) is 28.6 Å². The van der Waals surface area contributed by atoms with Gasteiger partial charge in [0.25, 0.3) is 0 Å². The van der Waals surface area contributed by atoms with Crippen LogP contribution in [0.1, 0.15) is 32.0 Å². The van der Waals surface area contributed by atoms with Crippen LogP contribution in [0.3, 0.4) is 0 Å². The van der Waals surface area contributed by atoms with Gasteiger partial charge in [-0.25, -0.2) is 4.39 Å². The van der Waals surface area contributed by atoms with Crippen LogP contribution in [-0.4, -0.2) is 23.2 Å². The summed E-state index contributed by atoms with van der Waals surface area (Å²) in [5.74, 6) is -0.114. The maximum atomic E-state index is 13.5. The monoisotopic (exact) mass is 397 g/mol. The quantitative estimate of drug-likeness (QED) is 0.427. The van der Waals surface area contributed by atoms with E-state index in [2.05, 4.69) is 0 Å². The van der Waals surface area contributed by atoms with E-state index in [1.165, 1.54) is 12.1 Å². The number of rotatable bonds is 3. The van der Waals surface area contributed by atoms with Crippen molar-refractivity contribution in [3.8, 4) is 22.6 Å². The number of hydrogen-bond donors (Lipinski definition) is 0. The Morgan fingerprint density at radius 1 is 0.767 bits per heavy atom. The SMILES string of the molecule is COc1ccc(-c2cn(-c3ccc(F)cc3)c3c2C(=O)c2ccccc2C3=O)cc1. The smallest absolute Gasteiger partial charge is 0.211 e. The Morgan fingerprint density at radius 3 is 2.03 bits per heavy atom. The first-order chi connectivity index (χ1) is 14.6. The van der Waals surface area contributed by atoms with Gasteiger partial charge in [-0.15, -0.1) is 0 Å². The van der Waals surface area contributed by atoms with Crippen LogP contribution in [0.15, 0.2) is 79.0 Å². The molecule has 0 fully saturated rings. The highest BCUT2D eigenvalue weighted by molar-refractivity contribution is 6.30. The van der Waals surface area contributed by atoms with Crippen molar-refractivity contribution in [2.45, 2.75) is 0 Å². The zero-order valence-corrected chi connectivity index (χ0v) is 16.1. The van der Waals surface area contributed by atoms with Gasteiger partial charge in [-0.2, -0.15) is 0 Å². The average Bonchev–Trinajstić information content (AvgIpc) is 3.19. The minimum atomic E-state index is -0.372. The number of ether oxygens (including phenoxy) is 1. The van der Waals surface area contributed by atoms with Gasteiger partial charge in [0.1, 0.15) is 17.3 Å². The normalized spacial score (nSPS) is 12.5. The molecule has 0 saturated heterocycles. The van der Waals surface area contributed by atoms with Crippen LogP contribution in [0.4, 0.5) is 4.39 Å². The van der Waals surface area contributed by atoms with E-state index in [0.717, 1.165) is 5.56 Å². The van der Waals surface area contributed by atoms with Gasteiger partial charge in [-0.1, -0.05) is 36.4 Å². The Labute approximate surface area is 172 Å². The molecule has 1 aliphatic carbocycles. The number of aromatic nitrogens is 1. The van der Waals surface area contributed by atoms with E-state index >= 15 is 0 Å². The summed E-state index contributed by atoms with van der Waals surface area (Å²) in [7, 11) is 1.58. The fourth-order valence-electron chi connectivity index (χ4n) is 3.90. The Balaban J connectivity index is 1.79. The molecule has 1 aliphatic rings. The standard InChI is InChI=1S/C25H16FNO3/c1-30-18-12-6-15(7-13-18)21-14-27(17-10-8-16(26)9-11-17)23-22(21)24(28)19-4-2-3-5-20(19)25(23)29/h2-14H,1H3. The zero-order valence-electron chi connectivity index (χ0n) is 16.1. The van der Waals surface area contributed by atoms with Gasteiger partial charge in [-0.3, -0.25) is 9.59 Å². The third kappa shape index (κ3) is 2.67. The third-order valence-corrected chi connectivity index (χ3v) is 5.37. The fraction of sp³-hybridized carbons (Fsp3) is 0.0400. The minimum absolute atomic E-state index is 0.202. The second-order valence-electron chi connectivity index (χ2n) is 7.05. The highest BCUT2D eigenvalue weighted by Gasteiger charge is 2.35. The Morgan fingerprint density at radius 2 is 1.40 bits per heavy atom. The van der Waals surface area contributed by atoms with Gasteiger partial charge < -0.3 is 9.30 Å². The van der Waals surface area contributed by atoms with Crippen molar-refractivity contribution in [3.05, 3.63) is 107 Å². The molecule has 4 nitrogen and oxygen atoms in total. The number of halogens is 1. The highest BCUT2D eigenvalue weighted by Crippen LogP contribution is 2.38. The first kappa shape index (κ1) is 18.1. The Bertz CT molecular complexity index is 1300. The fourth-order valence-corrected chi connectivity index (χ4v) is 3.90. The van der Waals surface area contributed by atoms with Gasteiger partial charge in [0.15, 0.2) is 5.78 Å². The number of carbonyl (C=O) groups excluding carboxylic acids is 2. The summed E-state index contributed by atoms with van der Waals surface area (Å²) in [6, 6.07) is 20.0. The van der Waals surface area contributed by atoms with Gasteiger partial charge in [0.05, 0.1) is 12.7 Å². The molecule has 146 valence electrons. The van der Waals surface area contributed by atoms with Gasteiger partial charge >= 0.3 is 0 Å². The zero-order chi connectivity index (χ0) is 20.8. The van der Waals surface area contributed by atoms with E-state index in [1.54, 1.807) is 66.4 Å². The largest absolute Gasteiger partial charge is 0.497 e. The number of benzene rings is 3. The molecule has 1 aromatic heterocycles. The molecule has 1 heterocycles. The second-order valence-corrected chi connectivity index (χ2v) is 7.05. The molecule has 0 saturated carbocycles. The number of carbonyl (C=O) groups is 2. The molecule has 0 radical (unpaired) electrons. The van der Waals surface area contributed by atoms with E-state index < -0.39 is 0 Å². The Kier molecular flexibility index (Phi) is 4.10. The van der Waals surface area contributed by atoms with Crippen LogP contribution in [0.25, 0.3) is 16.8 Å². The van der Waals surface area contributed by atoms with E-state index in [4.69, 9.17) is 4.74 Å². The highest BCUT2D eigenvalue weighted by atomic mass is 19.1. The van der Waals surface area contributed by atoms with Crippen LogP contribution < -0.4 is 4.74 Å². The number of fused-ring (bicyclic) bond motifs is 2. The van der Waals surface area contributed by atoms with Crippen molar-refractivity contribution in [2.75, 3.05) is 7.11 Å². The molecular formula is C25H16FNO3. The lowest BCUT2D eigenvalue weighted by Crippen LogP contribution is -2.22. The molecule has 0 bridgehead atoms. The number of ketones is 2. The second kappa shape index (κ2) is 6.81. The van der Waals surface area contributed by atoms with Crippen molar-refractivity contribution >= 4 is 11.6 Å². The third-order valence-electron chi connectivity index (χ3n) is 5.37. The molecule has 5 rings (SSSR count). The summed E-state index contributed by atoms with van der Waals surface area (Å²) in [6.45, 7) is 0. The first-order valence-electron chi connectivity index (χ1n) is 9.42. The van der Waals surface area contributed by atoms with Crippen LogP contribution in [0, 0.1) is 5.82 Å². The summed E-state index contributed by atoms with van der Waals surface area (Å²) in [5, 5.41) is 0. The predicted molar refractivity (Wildman–Crippen MR) is 111 cm³/mol. The minimum Gasteiger partial charge on any atom is -0.497 e. The molecule has 0 amide bonds. The van der Waals surface area contributed by atoms with Crippen LogP contribution in [-0.2, 0) is 0 Å². The molecule has 0 atom stereocenters. The van der Waals surface area contributed by atoms with E-state index in [1.807, 2.05) is 12.1 Å². The van der Waals surface area contributed by atoms with E-state index in [0.29, 0.717) is 33.7 Å². The van der Waals surface area contributed by atoms with E-state index in [9.17, 15) is 14.0 Å².